The SMILES string of the molecule is FC(F)(F)C1CCC(Nc2cc(Br)cnc2Cl)CC1. The van der Waals surface area contributed by atoms with Crippen LogP contribution in [0, 0.1) is 5.92 Å². The summed E-state index contributed by atoms with van der Waals surface area (Å²) in [6, 6.07) is 1.80. The first-order valence-electron chi connectivity index (χ1n) is 6.00. The Morgan fingerprint density at radius 2 is 1.89 bits per heavy atom. The zero-order valence-corrected chi connectivity index (χ0v) is 12.3. The summed E-state index contributed by atoms with van der Waals surface area (Å²) in [4.78, 5) is 3.97. The van der Waals surface area contributed by atoms with Gasteiger partial charge in [-0.1, -0.05) is 11.6 Å². The van der Waals surface area contributed by atoms with Crippen LogP contribution in [0.1, 0.15) is 25.7 Å². The van der Waals surface area contributed by atoms with Crippen molar-refractivity contribution in [1.82, 2.24) is 4.98 Å². The Bertz CT molecular complexity index is 445. The number of nitrogens with one attached hydrogen (secondary N) is 1. The number of hydrogen-bond acceptors (Lipinski definition) is 2. The number of aromatic nitrogens is 1. The molecule has 1 N–H and O–H groups in total. The van der Waals surface area contributed by atoms with Crippen LogP contribution in [-0.2, 0) is 0 Å². The maximum Gasteiger partial charge on any atom is 0.391 e. The van der Waals surface area contributed by atoms with Gasteiger partial charge in [-0.15, -0.1) is 0 Å². The standard InChI is InChI=1S/C12H13BrClF3N2/c13-8-5-10(11(14)18-6-8)19-9-3-1-7(2-4-9)12(15,16)17/h5-7,9,19H,1-4H2. The van der Waals surface area contributed by atoms with Crippen molar-refractivity contribution in [1.29, 1.82) is 0 Å². The summed E-state index contributed by atoms with van der Waals surface area (Å²) in [6.07, 6.45) is -1.17. The second-order valence-corrected chi connectivity index (χ2v) is 6.00. The van der Waals surface area contributed by atoms with Crippen molar-refractivity contribution >= 4 is 33.2 Å². The predicted octanol–water partition coefficient (Wildman–Crippen LogP) is 5.03. The molecule has 0 spiro atoms. The molecular weight excluding hydrogens is 344 g/mol. The van der Waals surface area contributed by atoms with Crippen LogP contribution < -0.4 is 5.32 Å². The van der Waals surface area contributed by atoms with Crippen molar-refractivity contribution in [3.05, 3.63) is 21.9 Å². The highest BCUT2D eigenvalue weighted by atomic mass is 79.9. The minimum atomic E-state index is -4.07. The van der Waals surface area contributed by atoms with Crippen molar-refractivity contribution in [2.45, 2.75) is 37.9 Å². The van der Waals surface area contributed by atoms with Crippen molar-refractivity contribution in [3.63, 3.8) is 0 Å². The summed E-state index contributed by atoms with van der Waals surface area (Å²) in [6.45, 7) is 0. The lowest BCUT2D eigenvalue weighted by atomic mass is 9.85. The van der Waals surface area contributed by atoms with E-state index < -0.39 is 12.1 Å². The predicted molar refractivity (Wildman–Crippen MR) is 72.4 cm³/mol. The molecule has 0 unspecified atom stereocenters. The number of pyridine rings is 1. The molecule has 0 aromatic carbocycles. The van der Waals surface area contributed by atoms with Crippen LogP contribution in [0.5, 0.6) is 0 Å². The Morgan fingerprint density at radius 1 is 1.26 bits per heavy atom. The number of rotatable bonds is 2. The molecule has 1 aliphatic rings. The van der Waals surface area contributed by atoms with Crippen LogP contribution in [0.2, 0.25) is 5.15 Å². The summed E-state index contributed by atoms with van der Waals surface area (Å²) >= 11 is 9.23. The third-order valence-corrected chi connectivity index (χ3v) is 4.09. The van der Waals surface area contributed by atoms with Crippen LogP contribution >= 0.6 is 27.5 Å². The fourth-order valence-electron chi connectivity index (χ4n) is 2.31. The Kier molecular flexibility index (Phi) is 4.61. The van der Waals surface area contributed by atoms with Gasteiger partial charge in [-0.05, 0) is 47.7 Å². The van der Waals surface area contributed by atoms with E-state index in [0.29, 0.717) is 23.7 Å². The maximum absolute atomic E-state index is 12.6. The van der Waals surface area contributed by atoms with Crippen LogP contribution in [0.4, 0.5) is 18.9 Å². The molecular formula is C12H13BrClF3N2. The number of nitrogens with zero attached hydrogens (tertiary/aromatic N) is 1. The van der Waals surface area contributed by atoms with Gasteiger partial charge in [0, 0.05) is 16.7 Å². The van der Waals surface area contributed by atoms with E-state index in [0.717, 1.165) is 4.47 Å². The van der Waals surface area contributed by atoms with Gasteiger partial charge in [0.1, 0.15) is 0 Å². The average Bonchev–Trinajstić information content (AvgIpc) is 2.33. The Balaban J connectivity index is 1.94. The van der Waals surface area contributed by atoms with Crippen molar-refractivity contribution in [3.8, 4) is 0 Å². The normalized spacial score (nSPS) is 24.3. The van der Waals surface area contributed by atoms with Crippen molar-refractivity contribution in [2.75, 3.05) is 5.32 Å². The van der Waals surface area contributed by atoms with E-state index in [1.807, 2.05) is 0 Å². The van der Waals surface area contributed by atoms with E-state index in [1.54, 1.807) is 12.3 Å². The number of alkyl halides is 3. The van der Waals surface area contributed by atoms with Gasteiger partial charge in [0.2, 0.25) is 0 Å². The average molecular weight is 358 g/mol. The highest BCUT2D eigenvalue weighted by Crippen LogP contribution is 2.38. The zero-order chi connectivity index (χ0) is 14.0. The minimum absolute atomic E-state index is 0.0206. The Hall–Kier alpha value is -0.490. The number of anilines is 1. The molecule has 0 saturated heterocycles. The molecule has 0 bridgehead atoms. The quantitative estimate of drug-likeness (QED) is 0.751. The molecule has 1 aliphatic carbocycles. The fourth-order valence-corrected chi connectivity index (χ4v) is 2.80. The first kappa shape index (κ1) is 14.9. The van der Waals surface area contributed by atoms with Gasteiger partial charge < -0.3 is 5.32 Å². The monoisotopic (exact) mass is 356 g/mol. The Morgan fingerprint density at radius 3 is 2.47 bits per heavy atom. The van der Waals surface area contributed by atoms with Crippen LogP contribution in [-0.4, -0.2) is 17.2 Å². The molecule has 106 valence electrons. The molecule has 0 aliphatic heterocycles. The van der Waals surface area contributed by atoms with E-state index in [2.05, 4.69) is 26.2 Å². The second-order valence-electron chi connectivity index (χ2n) is 4.73. The maximum atomic E-state index is 12.6. The summed E-state index contributed by atoms with van der Waals surface area (Å²) in [5, 5.41) is 3.50. The highest BCUT2D eigenvalue weighted by molar-refractivity contribution is 9.10. The molecule has 7 heteroatoms. The van der Waals surface area contributed by atoms with E-state index in [9.17, 15) is 13.2 Å². The molecule has 1 heterocycles. The second kappa shape index (κ2) is 5.87. The highest BCUT2D eigenvalue weighted by Gasteiger charge is 2.41. The van der Waals surface area contributed by atoms with Crippen LogP contribution in [0.3, 0.4) is 0 Å². The third kappa shape index (κ3) is 3.99. The lowest BCUT2D eigenvalue weighted by molar-refractivity contribution is -0.182. The van der Waals surface area contributed by atoms with Crippen molar-refractivity contribution in [2.24, 2.45) is 5.92 Å². The summed E-state index contributed by atoms with van der Waals surface area (Å²) in [7, 11) is 0. The van der Waals surface area contributed by atoms with Gasteiger partial charge >= 0.3 is 6.18 Å². The lowest BCUT2D eigenvalue weighted by Gasteiger charge is -2.31. The van der Waals surface area contributed by atoms with Gasteiger partial charge in [0.25, 0.3) is 0 Å². The summed E-state index contributed by atoms with van der Waals surface area (Å²) < 4.78 is 38.4. The molecule has 0 amide bonds. The summed E-state index contributed by atoms with van der Waals surface area (Å²) in [5.41, 5.74) is 0.659. The molecule has 2 rings (SSSR count). The number of hydrogen-bond donors (Lipinski definition) is 1. The van der Waals surface area contributed by atoms with E-state index in [-0.39, 0.29) is 18.9 Å². The van der Waals surface area contributed by atoms with Gasteiger partial charge in [-0.25, -0.2) is 4.98 Å². The van der Waals surface area contributed by atoms with E-state index >= 15 is 0 Å². The molecule has 1 aromatic rings. The minimum Gasteiger partial charge on any atom is -0.380 e. The van der Waals surface area contributed by atoms with E-state index in [4.69, 9.17) is 11.6 Å². The summed E-state index contributed by atoms with van der Waals surface area (Å²) in [5.74, 6) is -1.17. The van der Waals surface area contributed by atoms with E-state index in [1.165, 1.54) is 0 Å². The molecule has 0 atom stereocenters. The topological polar surface area (TPSA) is 24.9 Å². The first-order chi connectivity index (χ1) is 8.86. The fraction of sp³-hybridized carbons (Fsp3) is 0.583. The Labute approximate surface area is 122 Å². The molecule has 0 radical (unpaired) electrons. The molecule has 1 aromatic heterocycles. The van der Waals surface area contributed by atoms with Gasteiger partial charge in [-0.2, -0.15) is 13.2 Å². The van der Waals surface area contributed by atoms with Crippen LogP contribution in [0.25, 0.3) is 0 Å². The zero-order valence-electron chi connectivity index (χ0n) is 9.97. The largest absolute Gasteiger partial charge is 0.391 e. The first-order valence-corrected chi connectivity index (χ1v) is 7.17. The molecule has 1 fully saturated rings. The lowest BCUT2D eigenvalue weighted by Crippen LogP contribution is -2.32. The van der Waals surface area contributed by atoms with Gasteiger partial charge in [-0.3, -0.25) is 0 Å². The smallest absolute Gasteiger partial charge is 0.380 e. The molecule has 1 saturated carbocycles. The van der Waals surface area contributed by atoms with Crippen LogP contribution in [0.15, 0.2) is 16.7 Å². The van der Waals surface area contributed by atoms with Crippen molar-refractivity contribution < 1.29 is 13.2 Å². The van der Waals surface area contributed by atoms with Gasteiger partial charge in [0.15, 0.2) is 5.15 Å². The van der Waals surface area contributed by atoms with Gasteiger partial charge in [0.05, 0.1) is 11.6 Å². The number of halogens is 5. The molecule has 19 heavy (non-hydrogen) atoms. The molecule has 2 nitrogen and oxygen atoms in total. The third-order valence-electron chi connectivity index (χ3n) is 3.36.